The van der Waals surface area contributed by atoms with Gasteiger partial charge in [-0.3, -0.25) is 4.79 Å². The molecule has 0 aromatic heterocycles. The van der Waals surface area contributed by atoms with E-state index in [-0.39, 0.29) is 11.3 Å². The largest absolute Gasteiger partial charge is 0.352 e. The highest BCUT2D eigenvalue weighted by atomic mass is 16.1. The Hall–Kier alpha value is -1.35. The standard InChI is InChI=1S/C16H24N2O/c1-2-13-6-3-4-7-14(13)11-18-15(19)10-16(12-17)8-5-9-16/h3-4,6-7H,2,5,8-12,17H2,1H3,(H,18,19). The number of hydrogen-bond donors (Lipinski definition) is 2. The highest BCUT2D eigenvalue weighted by Gasteiger charge is 2.37. The number of amides is 1. The van der Waals surface area contributed by atoms with E-state index in [1.165, 1.54) is 17.5 Å². The molecule has 0 saturated heterocycles. The Labute approximate surface area is 115 Å². The first-order chi connectivity index (χ1) is 9.19. The van der Waals surface area contributed by atoms with Crippen molar-refractivity contribution in [1.82, 2.24) is 5.32 Å². The van der Waals surface area contributed by atoms with Gasteiger partial charge in [0.25, 0.3) is 0 Å². The lowest BCUT2D eigenvalue weighted by Crippen LogP contribution is -2.41. The molecule has 0 spiro atoms. The molecule has 0 heterocycles. The molecule has 0 atom stereocenters. The van der Waals surface area contributed by atoms with Crippen molar-refractivity contribution in [3.8, 4) is 0 Å². The number of carbonyl (C=O) groups is 1. The molecule has 2 rings (SSSR count). The summed E-state index contributed by atoms with van der Waals surface area (Å²) in [5.74, 6) is 0.135. The van der Waals surface area contributed by atoms with Crippen LogP contribution in [0.2, 0.25) is 0 Å². The van der Waals surface area contributed by atoms with Crippen molar-refractivity contribution in [2.45, 2.75) is 45.6 Å². The number of nitrogens with one attached hydrogen (secondary N) is 1. The third kappa shape index (κ3) is 3.35. The summed E-state index contributed by atoms with van der Waals surface area (Å²) in [7, 11) is 0. The van der Waals surface area contributed by atoms with Crippen LogP contribution in [0.4, 0.5) is 0 Å². The zero-order valence-electron chi connectivity index (χ0n) is 11.7. The number of nitrogens with two attached hydrogens (primary N) is 1. The lowest BCUT2D eigenvalue weighted by atomic mass is 9.66. The minimum Gasteiger partial charge on any atom is -0.352 e. The minimum absolute atomic E-state index is 0.0916. The maximum atomic E-state index is 12.0. The van der Waals surface area contributed by atoms with Gasteiger partial charge in [0, 0.05) is 13.0 Å². The van der Waals surface area contributed by atoms with Crippen molar-refractivity contribution in [3.05, 3.63) is 35.4 Å². The van der Waals surface area contributed by atoms with Crippen molar-refractivity contribution in [3.63, 3.8) is 0 Å². The molecule has 1 aliphatic rings. The predicted molar refractivity (Wildman–Crippen MR) is 77.6 cm³/mol. The Balaban J connectivity index is 1.86. The molecule has 104 valence electrons. The summed E-state index contributed by atoms with van der Waals surface area (Å²) >= 11 is 0. The van der Waals surface area contributed by atoms with Gasteiger partial charge in [-0.2, -0.15) is 0 Å². The van der Waals surface area contributed by atoms with Crippen LogP contribution in [-0.2, 0) is 17.8 Å². The van der Waals surface area contributed by atoms with Gasteiger partial charge in [-0.05, 0) is 42.3 Å². The maximum Gasteiger partial charge on any atom is 0.220 e. The van der Waals surface area contributed by atoms with Gasteiger partial charge < -0.3 is 11.1 Å². The zero-order chi connectivity index (χ0) is 13.7. The van der Waals surface area contributed by atoms with E-state index in [1.807, 2.05) is 12.1 Å². The van der Waals surface area contributed by atoms with Gasteiger partial charge in [-0.25, -0.2) is 0 Å². The average Bonchev–Trinajstić information content (AvgIpc) is 2.41. The Morgan fingerprint density at radius 2 is 2.00 bits per heavy atom. The molecule has 1 amide bonds. The van der Waals surface area contributed by atoms with Gasteiger partial charge in [0.05, 0.1) is 0 Å². The molecule has 1 aliphatic carbocycles. The number of rotatable bonds is 6. The summed E-state index contributed by atoms with van der Waals surface area (Å²) < 4.78 is 0. The van der Waals surface area contributed by atoms with Gasteiger partial charge >= 0.3 is 0 Å². The first-order valence-electron chi connectivity index (χ1n) is 7.23. The molecule has 0 unspecified atom stereocenters. The van der Waals surface area contributed by atoms with Crippen LogP contribution in [0.15, 0.2) is 24.3 Å². The van der Waals surface area contributed by atoms with Crippen LogP contribution in [0.5, 0.6) is 0 Å². The molecule has 3 nitrogen and oxygen atoms in total. The van der Waals surface area contributed by atoms with E-state index < -0.39 is 0 Å². The van der Waals surface area contributed by atoms with Crippen molar-refractivity contribution >= 4 is 5.91 Å². The monoisotopic (exact) mass is 260 g/mol. The van der Waals surface area contributed by atoms with Crippen LogP contribution in [0.1, 0.15) is 43.7 Å². The lowest BCUT2D eigenvalue weighted by Gasteiger charge is -2.40. The smallest absolute Gasteiger partial charge is 0.220 e. The zero-order valence-corrected chi connectivity index (χ0v) is 11.7. The Morgan fingerprint density at radius 1 is 1.32 bits per heavy atom. The molecule has 0 bridgehead atoms. The summed E-state index contributed by atoms with van der Waals surface area (Å²) in [6.07, 6.45) is 4.99. The summed E-state index contributed by atoms with van der Waals surface area (Å²) in [5, 5.41) is 3.04. The van der Waals surface area contributed by atoms with Crippen molar-refractivity contribution in [2.24, 2.45) is 11.1 Å². The van der Waals surface area contributed by atoms with E-state index in [4.69, 9.17) is 5.73 Å². The van der Waals surface area contributed by atoms with Crippen molar-refractivity contribution in [1.29, 1.82) is 0 Å². The third-order valence-electron chi connectivity index (χ3n) is 4.36. The van der Waals surface area contributed by atoms with Crippen molar-refractivity contribution < 1.29 is 4.79 Å². The Morgan fingerprint density at radius 3 is 2.53 bits per heavy atom. The number of benzene rings is 1. The van der Waals surface area contributed by atoms with Crippen LogP contribution in [-0.4, -0.2) is 12.5 Å². The van der Waals surface area contributed by atoms with Crippen LogP contribution in [0, 0.1) is 5.41 Å². The van der Waals surface area contributed by atoms with E-state index >= 15 is 0 Å². The summed E-state index contributed by atoms with van der Waals surface area (Å²) in [6.45, 7) is 3.40. The normalized spacial score (nSPS) is 16.7. The molecular weight excluding hydrogens is 236 g/mol. The Bertz CT molecular complexity index is 433. The lowest BCUT2D eigenvalue weighted by molar-refractivity contribution is -0.124. The molecule has 1 saturated carbocycles. The summed E-state index contributed by atoms with van der Waals surface area (Å²) in [5.41, 5.74) is 8.40. The maximum absolute atomic E-state index is 12.0. The second-order valence-corrected chi connectivity index (χ2v) is 5.63. The number of carbonyl (C=O) groups excluding carboxylic acids is 1. The van der Waals surface area contributed by atoms with E-state index in [0.29, 0.717) is 19.5 Å². The highest BCUT2D eigenvalue weighted by Crippen LogP contribution is 2.42. The number of hydrogen-bond acceptors (Lipinski definition) is 2. The Kier molecular flexibility index (Phi) is 4.59. The molecule has 0 radical (unpaired) electrons. The van der Waals surface area contributed by atoms with Gasteiger partial charge in [0.2, 0.25) is 5.91 Å². The summed E-state index contributed by atoms with van der Waals surface area (Å²) in [6, 6.07) is 8.27. The second-order valence-electron chi connectivity index (χ2n) is 5.63. The first kappa shape index (κ1) is 14.1. The molecule has 1 fully saturated rings. The van der Waals surface area contributed by atoms with Crippen molar-refractivity contribution in [2.75, 3.05) is 6.54 Å². The number of aryl methyl sites for hydroxylation is 1. The summed E-state index contributed by atoms with van der Waals surface area (Å²) in [4.78, 5) is 12.0. The van der Waals surface area contributed by atoms with Gasteiger partial charge in [-0.15, -0.1) is 0 Å². The first-order valence-corrected chi connectivity index (χ1v) is 7.23. The van der Waals surface area contributed by atoms with Gasteiger partial charge in [0.1, 0.15) is 0 Å². The SMILES string of the molecule is CCc1ccccc1CNC(=O)CC1(CN)CCC1. The topological polar surface area (TPSA) is 55.1 Å². The average molecular weight is 260 g/mol. The molecule has 1 aromatic rings. The molecule has 1 aromatic carbocycles. The van der Waals surface area contributed by atoms with Crippen LogP contribution in [0.25, 0.3) is 0 Å². The molecule has 19 heavy (non-hydrogen) atoms. The molecule has 3 N–H and O–H groups in total. The minimum atomic E-state index is 0.0916. The fourth-order valence-corrected chi connectivity index (χ4v) is 2.80. The fraction of sp³-hybridized carbons (Fsp3) is 0.562. The van der Waals surface area contributed by atoms with Gasteiger partial charge in [-0.1, -0.05) is 37.6 Å². The van der Waals surface area contributed by atoms with Crippen LogP contribution in [0.3, 0.4) is 0 Å². The molecule has 0 aliphatic heterocycles. The highest BCUT2D eigenvalue weighted by molar-refractivity contribution is 5.76. The van der Waals surface area contributed by atoms with E-state index in [2.05, 4.69) is 24.4 Å². The molecular formula is C16H24N2O. The third-order valence-corrected chi connectivity index (χ3v) is 4.36. The van der Waals surface area contributed by atoms with E-state index in [9.17, 15) is 4.79 Å². The molecule has 3 heteroatoms. The fourth-order valence-electron chi connectivity index (χ4n) is 2.80. The van der Waals surface area contributed by atoms with Crippen LogP contribution >= 0.6 is 0 Å². The van der Waals surface area contributed by atoms with Gasteiger partial charge in [0.15, 0.2) is 0 Å². The van der Waals surface area contributed by atoms with E-state index in [0.717, 1.165) is 19.3 Å². The quantitative estimate of drug-likeness (QED) is 0.825. The second kappa shape index (κ2) is 6.20. The van der Waals surface area contributed by atoms with E-state index in [1.54, 1.807) is 0 Å². The predicted octanol–water partition coefficient (Wildman–Crippen LogP) is 2.38. The van der Waals surface area contributed by atoms with Crippen LogP contribution < -0.4 is 11.1 Å².